The fourth-order valence-electron chi connectivity index (χ4n) is 1.75. The first kappa shape index (κ1) is 9.99. The van der Waals surface area contributed by atoms with E-state index in [2.05, 4.69) is 11.6 Å². The third kappa shape index (κ3) is 1.98. The molecule has 1 rings (SSSR count). The molecule has 12 heavy (non-hydrogen) atoms. The van der Waals surface area contributed by atoms with Crippen molar-refractivity contribution < 1.29 is 8.42 Å². The summed E-state index contributed by atoms with van der Waals surface area (Å²) in [5, 5.41) is 0. The zero-order valence-corrected chi connectivity index (χ0v) is 8.58. The Morgan fingerprint density at radius 2 is 2.00 bits per heavy atom. The Morgan fingerprint density at radius 3 is 2.25 bits per heavy atom. The molecule has 72 valence electrons. The van der Waals surface area contributed by atoms with Gasteiger partial charge in [0.2, 0.25) is 10.0 Å². The van der Waals surface area contributed by atoms with Crippen molar-refractivity contribution in [1.29, 1.82) is 0 Å². The molecule has 0 heterocycles. The zero-order valence-electron chi connectivity index (χ0n) is 7.76. The number of nitrogens with one attached hydrogen (secondary N) is 1. The highest BCUT2D eigenvalue weighted by molar-refractivity contribution is 7.89. The largest absolute Gasteiger partial charge is 0.218 e. The van der Waals surface area contributed by atoms with Gasteiger partial charge in [-0.25, -0.2) is 13.1 Å². The number of hydrogen-bond acceptors (Lipinski definition) is 2. The normalized spacial score (nSPS) is 21.8. The van der Waals surface area contributed by atoms with E-state index >= 15 is 0 Å². The molecule has 1 saturated carbocycles. The van der Waals surface area contributed by atoms with E-state index in [1.54, 1.807) is 0 Å². The zero-order chi connectivity index (χ0) is 9.24. The Balaban J connectivity index is 2.60. The summed E-state index contributed by atoms with van der Waals surface area (Å²) in [5.74, 6) is 0.312. The highest BCUT2D eigenvalue weighted by Crippen LogP contribution is 2.44. The van der Waals surface area contributed by atoms with Crippen LogP contribution in [0.1, 0.15) is 32.6 Å². The van der Waals surface area contributed by atoms with Crippen molar-refractivity contribution >= 4 is 10.0 Å². The Hall–Kier alpha value is -0.0900. The molecule has 0 bridgehead atoms. The van der Waals surface area contributed by atoms with Crippen molar-refractivity contribution in [3.8, 4) is 0 Å². The molecule has 0 unspecified atom stereocenters. The maximum absolute atomic E-state index is 11.3. The van der Waals surface area contributed by atoms with Gasteiger partial charge in [0.15, 0.2) is 0 Å². The van der Waals surface area contributed by atoms with Gasteiger partial charge in [-0.2, -0.15) is 0 Å². The number of hydrogen-bond donors (Lipinski definition) is 1. The molecule has 0 aromatic carbocycles. The van der Waals surface area contributed by atoms with Crippen molar-refractivity contribution in [2.75, 3.05) is 12.8 Å². The van der Waals surface area contributed by atoms with Crippen LogP contribution in [0.25, 0.3) is 0 Å². The molecule has 0 aliphatic heterocycles. The predicted molar refractivity (Wildman–Crippen MR) is 49.4 cm³/mol. The molecule has 0 atom stereocenters. The van der Waals surface area contributed by atoms with Crippen LogP contribution in [0.5, 0.6) is 0 Å². The lowest BCUT2D eigenvalue weighted by Gasteiger charge is -2.40. The fraction of sp³-hybridized carbons (Fsp3) is 1.00. The van der Waals surface area contributed by atoms with E-state index in [9.17, 15) is 8.42 Å². The second kappa shape index (κ2) is 3.34. The van der Waals surface area contributed by atoms with Gasteiger partial charge in [-0.3, -0.25) is 0 Å². The standard InChI is InChI=1S/C8H17NO2S/c1-3-8(5-4-6-8)7-12(10,11)9-2/h9H,3-7H2,1-2H3. The Morgan fingerprint density at radius 1 is 1.42 bits per heavy atom. The van der Waals surface area contributed by atoms with E-state index in [4.69, 9.17) is 0 Å². The minimum atomic E-state index is -3.00. The molecule has 1 N–H and O–H groups in total. The average molecular weight is 191 g/mol. The maximum Gasteiger partial charge on any atom is 0.211 e. The van der Waals surface area contributed by atoms with Crippen LogP contribution in [0.15, 0.2) is 0 Å². The molecule has 1 aliphatic rings. The quantitative estimate of drug-likeness (QED) is 0.723. The first-order valence-electron chi connectivity index (χ1n) is 4.45. The Labute approximate surface area is 74.6 Å². The highest BCUT2D eigenvalue weighted by atomic mass is 32.2. The van der Waals surface area contributed by atoms with Crippen LogP contribution in [0.3, 0.4) is 0 Å². The molecule has 3 nitrogen and oxygen atoms in total. The first-order chi connectivity index (χ1) is 5.54. The summed E-state index contributed by atoms with van der Waals surface area (Å²) in [4.78, 5) is 0. The van der Waals surface area contributed by atoms with Crippen molar-refractivity contribution in [3.05, 3.63) is 0 Å². The summed E-state index contributed by atoms with van der Waals surface area (Å²) < 4.78 is 24.9. The summed E-state index contributed by atoms with van der Waals surface area (Å²) in [5.41, 5.74) is 0.0991. The second-order valence-corrected chi connectivity index (χ2v) is 5.60. The van der Waals surface area contributed by atoms with Gasteiger partial charge in [0.1, 0.15) is 0 Å². The molecule has 1 fully saturated rings. The molecular weight excluding hydrogens is 174 g/mol. The molecule has 0 saturated heterocycles. The molecule has 4 heteroatoms. The number of sulfonamides is 1. The van der Waals surface area contributed by atoms with Crippen LogP contribution in [0, 0.1) is 5.41 Å². The molecule has 0 aromatic heterocycles. The summed E-state index contributed by atoms with van der Waals surface area (Å²) in [6.45, 7) is 2.07. The van der Waals surface area contributed by atoms with Crippen LogP contribution in [0.4, 0.5) is 0 Å². The second-order valence-electron chi connectivity index (χ2n) is 3.67. The average Bonchev–Trinajstić information content (AvgIpc) is 1.97. The molecule has 0 aromatic rings. The van der Waals surface area contributed by atoms with E-state index in [1.807, 2.05) is 0 Å². The minimum Gasteiger partial charge on any atom is -0.218 e. The maximum atomic E-state index is 11.3. The van der Waals surface area contributed by atoms with Crippen LogP contribution in [0.2, 0.25) is 0 Å². The lowest BCUT2D eigenvalue weighted by molar-refractivity contribution is 0.158. The van der Waals surface area contributed by atoms with Crippen molar-refractivity contribution in [2.24, 2.45) is 5.41 Å². The molecule has 0 spiro atoms. The van der Waals surface area contributed by atoms with Crippen LogP contribution in [-0.4, -0.2) is 21.2 Å². The minimum absolute atomic E-state index is 0.0991. The van der Waals surface area contributed by atoms with Crippen LogP contribution < -0.4 is 4.72 Å². The van der Waals surface area contributed by atoms with Gasteiger partial charge in [0, 0.05) is 0 Å². The molecule has 0 amide bonds. The SMILES string of the molecule is CCC1(CS(=O)(=O)NC)CCC1. The third-order valence-electron chi connectivity index (χ3n) is 2.97. The van der Waals surface area contributed by atoms with Crippen LogP contribution >= 0.6 is 0 Å². The third-order valence-corrected chi connectivity index (χ3v) is 4.59. The van der Waals surface area contributed by atoms with Gasteiger partial charge in [-0.1, -0.05) is 13.3 Å². The monoisotopic (exact) mass is 191 g/mol. The molecule has 1 aliphatic carbocycles. The van der Waals surface area contributed by atoms with Gasteiger partial charge >= 0.3 is 0 Å². The molecular formula is C8H17NO2S. The van der Waals surface area contributed by atoms with Crippen molar-refractivity contribution in [2.45, 2.75) is 32.6 Å². The lowest BCUT2D eigenvalue weighted by Crippen LogP contribution is -2.39. The first-order valence-corrected chi connectivity index (χ1v) is 6.10. The predicted octanol–water partition coefficient (Wildman–Crippen LogP) is 1.12. The van der Waals surface area contributed by atoms with E-state index < -0.39 is 10.0 Å². The highest BCUT2D eigenvalue weighted by Gasteiger charge is 2.38. The summed E-state index contributed by atoms with van der Waals surface area (Å²) in [6.07, 6.45) is 4.32. The Kier molecular flexibility index (Phi) is 2.78. The fourth-order valence-corrected chi connectivity index (χ4v) is 3.20. The van der Waals surface area contributed by atoms with Gasteiger partial charge in [0.25, 0.3) is 0 Å². The summed E-state index contributed by atoms with van der Waals surface area (Å²) in [6, 6.07) is 0. The van der Waals surface area contributed by atoms with Gasteiger partial charge < -0.3 is 0 Å². The van der Waals surface area contributed by atoms with Gasteiger partial charge in [-0.15, -0.1) is 0 Å². The van der Waals surface area contributed by atoms with E-state index in [-0.39, 0.29) is 5.41 Å². The van der Waals surface area contributed by atoms with Gasteiger partial charge in [0.05, 0.1) is 5.75 Å². The van der Waals surface area contributed by atoms with Crippen LogP contribution in [-0.2, 0) is 10.0 Å². The van der Waals surface area contributed by atoms with Crippen molar-refractivity contribution in [3.63, 3.8) is 0 Å². The van der Waals surface area contributed by atoms with E-state index in [1.165, 1.54) is 13.5 Å². The topological polar surface area (TPSA) is 46.2 Å². The Bertz CT molecular complexity index is 236. The van der Waals surface area contributed by atoms with Crippen molar-refractivity contribution in [1.82, 2.24) is 4.72 Å². The summed E-state index contributed by atoms with van der Waals surface area (Å²) >= 11 is 0. The van der Waals surface area contributed by atoms with Gasteiger partial charge in [-0.05, 0) is 31.7 Å². The van der Waals surface area contributed by atoms with E-state index in [0.29, 0.717) is 5.75 Å². The molecule has 0 radical (unpaired) electrons. The smallest absolute Gasteiger partial charge is 0.211 e. The van der Waals surface area contributed by atoms with E-state index in [0.717, 1.165) is 19.3 Å². The number of rotatable bonds is 4. The summed E-state index contributed by atoms with van der Waals surface area (Å²) in [7, 11) is -1.52. The lowest BCUT2D eigenvalue weighted by atomic mass is 9.68.